The Kier molecular flexibility index (Phi) is 3.40. The van der Waals surface area contributed by atoms with Crippen LogP contribution in [-0.2, 0) is 4.79 Å². The number of nitrogens with one attached hydrogen (secondary N) is 1. The van der Waals surface area contributed by atoms with Crippen molar-refractivity contribution in [3.63, 3.8) is 0 Å². The summed E-state index contributed by atoms with van der Waals surface area (Å²) in [5.74, 6) is -0.0153. The summed E-state index contributed by atoms with van der Waals surface area (Å²) in [6.07, 6.45) is 2.54. The zero-order valence-electron chi connectivity index (χ0n) is 8.51. The topological polar surface area (TPSA) is 78.9 Å². The fraction of sp³-hybridized carbons (Fsp3) is 0.300. The van der Waals surface area contributed by atoms with Crippen LogP contribution in [0.5, 0.6) is 0 Å². The molecule has 0 atom stereocenters. The molecule has 0 spiro atoms. The maximum absolute atomic E-state index is 10.3. The van der Waals surface area contributed by atoms with Crippen molar-refractivity contribution in [1.29, 1.82) is 0 Å². The van der Waals surface area contributed by atoms with E-state index in [0.29, 0.717) is 12.1 Å². The largest absolute Gasteiger partial charge is 0.481 e. The lowest BCUT2D eigenvalue weighted by molar-refractivity contribution is -0.137. The van der Waals surface area contributed by atoms with E-state index in [1.165, 1.54) is 11.8 Å². The second kappa shape index (κ2) is 4.98. The molecule has 0 radical (unpaired) electrons. The quantitative estimate of drug-likeness (QED) is 0.613. The van der Waals surface area contributed by atoms with Crippen molar-refractivity contribution in [2.45, 2.75) is 18.0 Å². The Morgan fingerprint density at radius 2 is 2.44 bits per heavy atom. The van der Waals surface area contributed by atoms with E-state index in [2.05, 4.69) is 15.0 Å². The fourth-order valence-corrected chi connectivity index (χ4v) is 2.10. The number of hydrogen-bond acceptors (Lipinski definition) is 4. The number of aromatic nitrogens is 3. The molecule has 0 bridgehead atoms. The molecule has 2 heterocycles. The Hall–Kier alpha value is -1.56. The van der Waals surface area contributed by atoms with Gasteiger partial charge in [0.15, 0.2) is 10.8 Å². The minimum atomic E-state index is -0.758. The number of thioether (sulfide) groups is 1. The second-order valence-electron chi connectivity index (χ2n) is 3.26. The fourth-order valence-electron chi connectivity index (χ4n) is 1.28. The standard InChI is InChI=1S/C10H11N3O2S/c14-8(15)4-2-6-16-10-12-7-3-1-5-11-9(7)13-10/h1,3,5H,2,4,6H2,(H,14,15)(H,11,12,13). The highest BCUT2D eigenvalue weighted by atomic mass is 32.2. The molecule has 0 aliphatic heterocycles. The predicted octanol–water partition coefficient (Wildman–Crippen LogP) is 1.91. The third-order valence-electron chi connectivity index (χ3n) is 2.01. The van der Waals surface area contributed by atoms with Crippen molar-refractivity contribution in [3.8, 4) is 0 Å². The number of carboxylic acid groups (broad SMARTS) is 1. The van der Waals surface area contributed by atoms with Gasteiger partial charge in [0.1, 0.15) is 0 Å². The summed E-state index contributed by atoms with van der Waals surface area (Å²) >= 11 is 1.52. The number of H-pyrrole nitrogens is 1. The van der Waals surface area contributed by atoms with Crippen LogP contribution < -0.4 is 0 Å². The van der Waals surface area contributed by atoms with E-state index in [0.717, 1.165) is 16.4 Å². The van der Waals surface area contributed by atoms with Gasteiger partial charge in [0, 0.05) is 18.4 Å². The molecular weight excluding hydrogens is 226 g/mol. The maximum Gasteiger partial charge on any atom is 0.303 e. The van der Waals surface area contributed by atoms with Gasteiger partial charge in [0.2, 0.25) is 0 Å². The molecule has 0 aromatic carbocycles. The smallest absolute Gasteiger partial charge is 0.303 e. The monoisotopic (exact) mass is 237 g/mol. The Labute approximate surface area is 96.3 Å². The number of aliphatic carboxylic acids is 1. The summed E-state index contributed by atoms with van der Waals surface area (Å²) in [5.41, 5.74) is 1.60. The van der Waals surface area contributed by atoms with Crippen LogP contribution in [0.1, 0.15) is 12.8 Å². The van der Waals surface area contributed by atoms with Gasteiger partial charge in [-0.25, -0.2) is 9.97 Å². The number of aromatic amines is 1. The van der Waals surface area contributed by atoms with E-state index < -0.39 is 5.97 Å². The molecule has 0 saturated carbocycles. The van der Waals surface area contributed by atoms with Gasteiger partial charge in [-0.15, -0.1) is 0 Å². The van der Waals surface area contributed by atoms with Crippen molar-refractivity contribution < 1.29 is 9.90 Å². The average Bonchev–Trinajstić information content (AvgIpc) is 2.66. The van der Waals surface area contributed by atoms with Gasteiger partial charge in [-0.1, -0.05) is 11.8 Å². The summed E-state index contributed by atoms with van der Waals surface area (Å²) in [7, 11) is 0. The van der Waals surface area contributed by atoms with Crippen molar-refractivity contribution in [3.05, 3.63) is 18.3 Å². The third kappa shape index (κ3) is 2.73. The molecule has 0 aliphatic carbocycles. The molecule has 6 heteroatoms. The van der Waals surface area contributed by atoms with Gasteiger partial charge in [-0.05, 0) is 18.6 Å². The summed E-state index contributed by atoms with van der Waals surface area (Å²) < 4.78 is 0. The summed E-state index contributed by atoms with van der Waals surface area (Å²) in [5, 5.41) is 9.27. The predicted molar refractivity (Wildman–Crippen MR) is 61.5 cm³/mol. The lowest BCUT2D eigenvalue weighted by atomic mass is 10.3. The summed E-state index contributed by atoms with van der Waals surface area (Å²) in [4.78, 5) is 21.8. The van der Waals surface area contributed by atoms with E-state index in [1.54, 1.807) is 6.20 Å². The molecule has 16 heavy (non-hydrogen) atoms. The third-order valence-corrected chi connectivity index (χ3v) is 2.97. The number of pyridine rings is 1. The molecule has 0 unspecified atom stereocenters. The lowest BCUT2D eigenvalue weighted by Crippen LogP contribution is -1.94. The summed E-state index contributed by atoms with van der Waals surface area (Å²) in [6, 6.07) is 3.76. The highest BCUT2D eigenvalue weighted by Crippen LogP contribution is 2.18. The molecule has 2 rings (SSSR count). The first kappa shape index (κ1) is 10.9. The average molecular weight is 237 g/mol. The van der Waals surface area contributed by atoms with E-state index in [9.17, 15) is 4.79 Å². The molecule has 2 aromatic rings. The van der Waals surface area contributed by atoms with Crippen LogP contribution in [0.2, 0.25) is 0 Å². The van der Waals surface area contributed by atoms with Gasteiger partial charge in [-0.3, -0.25) is 4.79 Å². The zero-order valence-corrected chi connectivity index (χ0v) is 9.33. The van der Waals surface area contributed by atoms with Gasteiger partial charge in [0.25, 0.3) is 0 Å². The number of rotatable bonds is 5. The molecule has 84 valence electrons. The molecule has 0 amide bonds. The Morgan fingerprint density at radius 3 is 3.19 bits per heavy atom. The molecule has 0 fully saturated rings. The number of imidazole rings is 1. The van der Waals surface area contributed by atoms with Crippen LogP contribution in [0.25, 0.3) is 11.2 Å². The van der Waals surface area contributed by atoms with E-state index >= 15 is 0 Å². The van der Waals surface area contributed by atoms with E-state index in [-0.39, 0.29) is 6.42 Å². The normalized spacial score (nSPS) is 10.8. The second-order valence-corrected chi connectivity index (χ2v) is 4.35. The van der Waals surface area contributed by atoms with Crippen LogP contribution in [0.15, 0.2) is 23.5 Å². The first-order valence-corrected chi connectivity index (χ1v) is 5.89. The SMILES string of the molecule is O=C(O)CCCSc1nc2ncccc2[nH]1. The Morgan fingerprint density at radius 1 is 1.56 bits per heavy atom. The van der Waals surface area contributed by atoms with Crippen molar-refractivity contribution >= 4 is 28.9 Å². The highest BCUT2D eigenvalue weighted by molar-refractivity contribution is 7.99. The van der Waals surface area contributed by atoms with E-state index in [1.807, 2.05) is 12.1 Å². The number of hydrogen-bond donors (Lipinski definition) is 2. The van der Waals surface area contributed by atoms with Gasteiger partial charge < -0.3 is 10.1 Å². The van der Waals surface area contributed by atoms with Gasteiger partial charge >= 0.3 is 5.97 Å². The van der Waals surface area contributed by atoms with Crippen LogP contribution in [0.4, 0.5) is 0 Å². The maximum atomic E-state index is 10.3. The van der Waals surface area contributed by atoms with Crippen molar-refractivity contribution in [1.82, 2.24) is 15.0 Å². The van der Waals surface area contributed by atoms with E-state index in [4.69, 9.17) is 5.11 Å². The molecular formula is C10H11N3O2S. The number of carboxylic acids is 1. The number of fused-ring (bicyclic) bond motifs is 1. The van der Waals surface area contributed by atoms with Crippen molar-refractivity contribution in [2.24, 2.45) is 0 Å². The van der Waals surface area contributed by atoms with Gasteiger partial charge in [-0.2, -0.15) is 0 Å². The highest BCUT2D eigenvalue weighted by Gasteiger charge is 2.03. The van der Waals surface area contributed by atoms with Gasteiger partial charge in [0.05, 0.1) is 5.52 Å². The Bertz CT molecular complexity index is 465. The van der Waals surface area contributed by atoms with Crippen molar-refractivity contribution in [2.75, 3.05) is 5.75 Å². The number of nitrogens with zero attached hydrogens (tertiary/aromatic N) is 2. The minimum absolute atomic E-state index is 0.200. The Balaban J connectivity index is 1.92. The van der Waals surface area contributed by atoms with Crippen LogP contribution in [-0.4, -0.2) is 31.8 Å². The van der Waals surface area contributed by atoms with Crippen LogP contribution in [0.3, 0.4) is 0 Å². The number of carbonyl (C=O) groups is 1. The van der Waals surface area contributed by atoms with Crippen LogP contribution >= 0.6 is 11.8 Å². The zero-order chi connectivity index (χ0) is 11.4. The lowest BCUT2D eigenvalue weighted by Gasteiger charge is -1.94. The molecule has 0 saturated heterocycles. The molecule has 5 nitrogen and oxygen atoms in total. The summed E-state index contributed by atoms with van der Waals surface area (Å²) in [6.45, 7) is 0. The minimum Gasteiger partial charge on any atom is -0.481 e. The molecule has 2 N–H and O–H groups in total. The first-order chi connectivity index (χ1) is 7.75. The molecule has 2 aromatic heterocycles. The van der Waals surface area contributed by atoms with Crippen LogP contribution in [0, 0.1) is 0 Å². The molecule has 0 aliphatic rings. The first-order valence-electron chi connectivity index (χ1n) is 4.91.